The van der Waals surface area contributed by atoms with Crippen LogP contribution in [0.3, 0.4) is 0 Å². The molecule has 1 aromatic heterocycles. The molecule has 1 aliphatic heterocycles. The highest BCUT2D eigenvalue weighted by Crippen LogP contribution is 2.26. The Balaban J connectivity index is 2.37. The van der Waals surface area contributed by atoms with Crippen LogP contribution in [-0.2, 0) is 4.84 Å². The fourth-order valence-electron chi connectivity index (χ4n) is 1.17. The molecule has 2 heterocycles. The summed E-state index contributed by atoms with van der Waals surface area (Å²) in [5.74, 6) is -1.04. The van der Waals surface area contributed by atoms with E-state index in [0.29, 0.717) is 6.61 Å². The van der Waals surface area contributed by atoms with Gasteiger partial charge in [0.25, 0.3) is 5.88 Å². The van der Waals surface area contributed by atoms with Crippen LogP contribution in [-0.4, -0.2) is 22.7 Å². The van der Waals surface area contributed by atoms with Gasteiger partial charge in [0.15, 0.2) is 6.39 Å². The Bertz CT molecular complexity index is 396. The highest BCUT2D eigenvalue weighted by molar-refractivity contribution is 5.90. The van der Waals surface area contributed by atoms with Gasteiger partial charge in [0.1, 0.15) is 0 Å². The minimum atomic E-state index is -1.14. The van der Waals surface area contributed by atoms with Crippen molar-refractivity contribution in [2.75, 3.05) is 11.7 Å². The molecule has 14 heavy (non-hydrogen) atoms. The van der Waals surface area contributed by atoms with Crippen LogP contribution in [0.15, 0.2) is 22.6 Å². The van der Waals surface area contributed by atoms with Gasteiger partial charge >= 0.3 is 5.97 Å². The van der Waals surface area contributed by atoms with Crippen LogP contribution in [0, 0.1) is 0 Å². The lowest BCUT2D eigenvalue weighted by Gasteiger charge is -2.14. The molecule has 1 aliphatic rings. The first-order valence-corrected chi connectivity index (χ1v) is 3.96. The molecule has 0 unspecified atom stereocenters. The summed E-state index contributed by atoms with van der Waals surface area (Å²) in [4.78, 5) is 19.4. The molecular weight excluding hydrogens is 188 g/mol. The third kappa shape index (κ3) is 1.25. The molecule has 0 saturated heterocycles. The molecule has 0 bridgehead atoms. The van der Waals surface area contributed by atoms with Crippen molar-refractivity contribution in [1.29, 1.82) is 0 Å². The van der Waals surface area contributed by atoms with Gasteiger partial charge in [-0.2, -0.15) is 5.06 Å². The van der Waals surface area contributed by atoms with Gasteiger partial charge in [-0.1, -0.05) is 0 Å². The molecule has 0 spiro atoms. The van der Waals surface area contributed by atoms with Crippen molar-refractivity contribution in [2.45, 2.75) is 6.92 Å². The molecule has 1 aromatic rings. The van der Waals surface area contributed by atoms with Crippen molar-refractivity contribution in [3.05, 3.63) is 23.9 Å². The second kappa shape index (κ2) is 3.15. The number of hydrogen-bond donors (Lipinski definition) is 1. The van der Waals surface area contributed by atoms with Gasteiger partial charge in [-0.05, 0) is 13.0 Å². The zero-order valence-electron chi connectivity index (χ0n) is 7.43. The summed E-state index contributed by atoms with van der Waals surface area (Å²) in [6, 6.07) is 0. The van der Waals surface area contributed by atoms with Crippen LogP contribution in [0.1, 0.15) is 17.4 Å². The number of aromatic nitrogens is 1. The first-order chi connectivity index (χ1) is 6.70. The zero-order chi connectivity index (χ0) is 10.1. The minimum absolute atomic E-state index is 0.101. The summed E-state index contributed by atoms with van der Waals surface area (Å²) < 4.78 is 4.95. The van der Waals surface area contributed by atoms with Crippen LogP contribution < -0.4 is 5.06 Å². The van der Waals surface area contributed by atoms with Gasteiger partial charge in [-0.15, -0.1) is 0 Å². The number of anilines is 1. The molecule has 6 nitrogen and oxygen atoms in total. The predicted octanol–water partition coefficient (Wildman–Crippen LogP) is 1.03. The Hall–Kier alpha value is -1.82. The zero-order valence-corrected chi connectivity index (χ0v) is 7.43. The van der Waals surface area contributed by atoms with E-state index in [9.17, 15) is 4.79 Å². The lowest BCUT2D eigenvalue weighted by atomic mass is 10.4. The van der Waals surface area contributed by atoms with Crippen LogP contribution in [0.2, 0.25) is 0 Å². The summed E-state index contributed by atoms with van der Waals surface area (Å²) in [5, 5.41) is 10.1. The van der Waals surface area contributed by atoms with Crippen molar-refractivity contribution in [2.24, 2.45) is 0 Å². The van der Waals surface area contributed by atoms with E-state index in [-0.39, 0.29) is 11.6 Å². The van der Waals surface area contributed by atoms with Crippen molar-refractivity contribution in [3.8, 4) is 0 Å². The first kappa shape index (κ1) is 8.76. The standard InChI is InChI=1S/C8H8N2O4/c1-5-2-3-14-10(5)7-6(8(11)12)9-4-13-7/h2,4H,3H2,1H3,(H,11,12). The number of carboxylic acid groups (broad SMARTS) is 1. The summed E-state index contributed by atoms with van der Waals surface area (Å²) in [7, 11) is 0. The lowest BCUT2D eigenvalue weighted by Crippen LogP contribution is -2.17. The largest absolute Gasteiger partial charge is 0.476 e. The second-order valence-electron chi connectivity index (χ2n) is 2.75. The summed E-state index contributed by atoms with van der Waals surface area (Å²) >= 11 is 0. The SMILES string of the molecule is CC1=CCON1c1ocnc1C(=O)O. The van der Waals surface area contributed by atoms with E-state index in [2.05, 4.69) is 4.98 Å². The maximum atomic E-state index is 10.7. The minimum Gasteiger partial charge on any atom is -0.476 e. The molecule has 1 N–H and O–H groups in total. The normalized spacial score (nSPS) is 15.8. The average Bonchev–Trinajstić information content (AvgIpc) is 2.70. The second-order valence-corrected chi connectivity index (χ2v) is 2.75. The van der Waals surface area contributed by atoms with Crippen LogP contribution >= 0.6 is 0 Å². The summed E-state index contributed by atoms with van der Waals surface area (Å²) in [6.45, 7) is 2.20. The van der Waals surface area contributed by atoms with E-state index in [0.717, 1.165) is 12.1 Å². The molecule has 0 amide bonds. The predicted molar refractivity (Wildman–Crippen MR) is 45.7 cm³/mol. The molecule has 74 valence electrons. The molecule has 0 fully saturated rings. The molecule has 0 atom stereocenters. The van der Waals surface area contributed by atoms with Crippen LogP contribution in [0.5, 0.6) is 0 Å². The number of allylic oxidation sites excluding steroid dienone is 1. The maximum absolute atomic E-state index is 10.7. The number of hydrogen-bond acceptors (Lipinski definition) is 5. The topological polar surface area (TPSA) is 75.8 Å². The molecule has 0 radical (unpaired) electrons. The van der Waals surface area contributed by atoms with Gasteiger partial charge < -0.3 is 9.52 Å². The third-order valence-corrected chi connectivity index (χ3v) is 1.84. The van der Waals surface area contributed by atoms with Gasteiger partial charge in [-0.3, -0.25) is 4.84 Å². The lowest BCUT2D eigenvalue weighted by molar-refractivity contribution is 0.0687. The number of nitrogens with zero attached hydrogens (tertiary/aromatic N) is 2. The van der Waals surface area contributed by atoms with Gasteiger partial charge in [0.05, 0.1) is 6.61 Å². The third-order valence-electron chi connectivity index (χ3n) is 1.84. The smallest absolute Gasteiger partial charge is 0.360 e. The molecule has 6 heteroatoms. The highest BCUT2D eigenvalue weighted by Gasteiger charge is 2.25. The van der Waals surface area contributed by atoms with Crippen LogP contribution in [0.25, 0.3) is 0 Å². The Morgan fingerprint density at radius 1 is 1.71 bits per heavy atom. The van der Waals surface area contributed by atoms with Gasteiger partial charge in [-0.25, -0.2) is 9.78 Å². The van der Waals surface area contributed by atoms with E-state index in [1.165, 1.54) is 5.06 Å². The van der Waals surface area contributed by atoms with Crippen molar-refractivity contribution in [3.63, 3.8) is 0 Å². The van der Waals surface area contributed by atoms with Crippen molar-refractivity contribution < 1.29 is 19.2 Å². The average molecular weight is 196 g/mol. The quantitative estimate of drug-likeness (QED) is 0.761. The van der Waals surface area contributed by atoms with E-state index >= 15 is 0 Å². The number of carbonyl (C=O) groups is 1. The molecule has 0 aromatic carbocycles. The monoisotopic (exact) mass is 196 g/mol. The molecule has 0 aliphatic carbocycles. The number of carboxylic acids is 1. The Morgan fingerprint density at radius 2 is 2.50 bits per heavy atom. The van der Waals surface area contributed by atoms with Crippen molar-refractivity contribution >= 4 is 11.9 Å². The molecular formula is C8H8N2O4. The van der Waals surface area contributed by atoms with E-state index in [1.54, 1.807) is 6.92 Å². The van der Waals surface area contributed by atoms with E-state index in [4.69, 9.17) is 14.4 Å². The Labute approximate surface area is 79.4 Å². The summed E-state index contributed by atoms with van der Waals surface area (Å²) in [6.07, 6.45) is 2.89. The Morgan fingerprint density at radius 3 is 3.07 bits per heavy atom. The molecule has 0 saturated carbocycles. The van der Waals surface area contributed by atoms with Crippen molar-refractivity contribution in [1.82, 2.24) is 4.98 Å². The number of oxazole rings is 1. The van der Waals surface area contributed by atoms with E-state index in [1.807, 2.05) is 6.08 Å². The van der Waals surface area contributed by atoms with E-state index < -0.39 is 5.97 Å². The molecule has 2 rings (SSSR count). The number of aromatic carboxylic acids is 1. The van der Waals surface area contributed by atoms with Crippen LogP contribution in [0.4, 0.5) is 5.88 Å². The van der Waals surface area contributed by atoms with Gasteiger partial charge in [0, 0.05) is 5.70 Å². The highest BCUT2D eigenvalue weighted by atomic mass is 16.7. The fourth-order valence-corrected chi connectivity index (χ4v) is 1.17. The fraction of sp³-hybridized carbons (Fsp3) is 0.250. The number of hydroxylamine groups is 1. The summed E-state index contributed by atoms with van der Waals surface area (Å²) in [5.41, 5.74) is 0.629. The number of rotatable bonds is 2. The van der Waals surface area contributed by atoms with Gasteiger partial charge in [0.2, 0.25) is 5.69 Å². The Kier molecular flexibility index (Phi) is 1.97. The first-order valence-electron chi connectivity index (χ1n) is 3.96. The maximum Gasteiger partial charge on any atom is 0.360 e.